The summed E-state index contributed by atoms with van der Waals surface area (Å²) in [5.74, 6) is -1.42. The number of unbranched alkanes of at least 4 members (excludes halogenated alkanes) is 1. The number of aliphatic carboxylic acids is 1. The molecule has 0 heterocycles. The summed E-state index contributed by atoms with van der Waals surface area (Å²) >= 11 is 0. The van der Waals surface area contributed by atoms with Gasteiger partial charge in [0.05, 0.1) is 0 Å². The predicted molar refractivity (Wildman–Crippen MR) is 136 cm³/mol. The van der Waals surface area contributed by atoms with Crippen molar-refractivity contribution in [2.75, 3.05) is 6.54 Å². The third-order valence-electron chi connectivity index (χ3n) is 5.69. The fourth-order valence-corrected chi connectivity index (χ4v) is 3.85. The lowest BCUT2D eigenvalue weighted by atomic mass is 9.72. The summed E-state index contributed by atoms with van der Waals surface area (Å²) in [4.78, 5) is 23.4. The van der Waals surface area contributed by atoms with E-state index >= 15 is 0 Å². The molecule has 180 valence electrons. The maximum absolute atomic E-state index is 12.1. The lowest BCUT2D eigenvalue weighted by Gasteiger charge is -2.32. The Bertz CT molecular complexity index is 789. The van der Waals surface area contributed by atoms with Crippen LogP contribution >= 0.6 is 12.4 Å². The van der Waals surface area contributed by atoms with Gasteiger partial charge in [-0.15, -0.1) is 12.4 Å². The van der Waals surface area contributed by atoms with Gasteiger partial charge in [0.1, 0.15) is 6.04 Å². The Morgan fingerprint density at radius 3 is 2.47 bits per heavy atom. The van der Waals surface area contributed by atoms with Gasteiger partial charge in [0.25, 0.3) is 0 Å². The van der Waals surface area contributed by atoms with Crippen LogP contribution in [-0.4, -0.2) is 29.6 Å². The average Bonchev–Trinajstić information content (AvgIpc) is 2.66. The molecule has 1 aliphatic rings. The highest BCUT2D eigenvalue weighted by Gasteiger charge is 2.26. The van der Waals surface area contributed by atoms with Crippen molar-refractivity contribution in [3.8, 4) is 0 Å². The molecule has 5 nitrogen and oxygen atoms in total. The molecule has 32 heavy (non-hydrogen) atoms. The van der Waals surface area contributed by atoms with Crippen LogP contribution in [0, 0.1) is 5.41 Å². The van der Waals surface area contributed by atoms with E-state index < -0.39 is 17.9 Å². The highest BCUT2D eigenvalue weighted by Crippen LogP contribution is 2.40. The molecule has 4 N–H and O–H groups in total. The number of hydrogen-bond acceptors (Lipinski definition) is 3. The van der Waals surface area contributed by atoms with Gasteiger partial charge in [0.2, 0.25) is 5.91 Å². The van der Waals surface area contributed by atoms with Crippen LogP contribution in [0.2, 0.25) is 0 Å². The van der Waals surface area contributed by atoms with Gasteiger partial charge in [0, 0.05) is 6.08 Å². The van der Waals surface area contributed by atoms with Gasteiger partial charge in [-0.25, -0.2) is 4.79 Å². The molecule has 1 atom stereocenters. The molecule has 1 amide bonds. The number of amides is 1. The van der Waals surface area contributed by atoms with Crippen LogP contribution in [0.1, 0.15) is 73.1 Å². The van der Waals surface area contributed by atoms with Crippen molar-refractivity contribution in [2.45, 2.75) is 79.2 Å². The second-order valence-electron chi connectivity index (χ2n) is 9.11. The van der Waals surface area contributed by atoms with E-state index in [1.807, 2.05) is 25.2 Å². The quantitative estimate of drug-likeness (QED) is 0.209. The van der Waals surface area contributed by atoms with Gasteiger partial charge >= 0.3 is 5.97 Å². The van der Waals surface area contributed by atoms with Crippen LogP contribution < -0.4 is 11.1 Å². The molecule has 0 spiro atoms. The van der Waals surface area contributed by atoms with Gasteiger partial charge in [-0.05, 0) is 82.4 Å². The Morgan fingerprint density at radius 1 is 1.19 bits per heavy atom. The van der Waals surface area contributed by atoms with Crippen LogP contribution in [0.15, 0.2) is 58.7 Å². The van der Waals surface area contributed by atoms with Crippen molar-refractivity contribution in [1.82, 2.24) is 5.32 Å². The predicted octanol–water partition coefficient (Wildman–Crippen LogP) is 5.64. The molecule has 0 saturated heterocycles. The zero-order valence-corrected chi connectivity index (χ0v) is 21.1. The normalized spacial score (nSPS) is 18.1. The van der Waals surface area contributed by atoms with Crippen LogP contribution in [0.5, 0.6) is 0 Å². The number of nitrogens with two attached hydrogens (primary N) is 1. The van der Waals surface area contributed by atoms with Gasteiger partial charge in [-0.3, -0.25) is 4.79 Å². The molecule has 0 aromatic carbocycles. The maximum Gasteiger partial charge on any atom is 0.326 e. The Hall–Kier alpha value is -2.11. The fraction of sp³-hybridized carbons (Fsp3) is 0.538. The standard InChI is InChI=1S/C26H40N2O3.ClH/c1-19(14-15-22-21(3)12-9-16-26(22,4)5)10-8-11-20(2)18-24(29)28-23(25(30)31)13-6-7-17-27;/h8,10-11,14-15,18,23H,6-7,9,12-13,16-17,27H2,1-5H3,(H,28,29)(H,30,31);1H/b11-8+,15-14+,19-10+,20-18+;/t23-;/m0./s1. The second kappa shape index (κ2) is 14.9. The second-order valence-corrected chi connectivity index (χ2v) is 9.11. The third-order valence-corrected chi connectivity index (χ3v) is 5.69. The lowest BCUT2D eigenvalue weighted by Crippen LogP contribution is -2.40. The average molecular weight is 465 g/mol. The van der Waals surface area contributed by atoms with Crippen molar-refractivity contribution >= 4 is 24.3 Å². The molecule has 1 aliphatic carbocycles. The number of carbonyl (C=O) groups is 2. The first kappa shape index (κ1) is 29.9. The van der Waals surface area contributed by atoms with E-state index in [0.717, 1.165) is 17.6 Å². The molecule has 0 radical (unpaired) electrons. The Morgan fingerprint density at radius 2 is 1.88 bits per heavy atom. The smallest absolute Gasteiger partial charge is 0.326 e. The molecule has 6 heteroatoms. The summed E-state index contributed by atoms with van der Waals surface area (Å²) in [7, 11) is 0. The Kier molecular flexibility index (Phi) is 13.9. The first-order chi connectivity index (χ1) is 14.6. The summed E-state index contributed by atoms with van der Waals surface area (Å²) in [5, 5.41) is 11.8. The number of halogens is 1. The van der Waals surface area contributed by atoms with E-state index in [1.165, 1.54) is 36.5 Å². The monoisotopic (exact) mass is 464 g/mol. The summed E-state index contributed by atoms with van der Waals surface area (Å²) < 4.78 is 0. The molecule has 0 aromatic heterocycles. The first-order valence-electron chi connectivity index (χ1n) is 11.2. The Balaban J connectivity index is 0.00000961. The van der Waals surface area contributed by atoms with E-state index in [0.29, 0.717) is 19.4 Å². The van der Waals surface area contributed by atoms with E-state index in [1.54, 1.807) is 0 Å². The van der Waals surface area contributed by atoms with E-state index in [2.05, 4.69) is 45.2 Å². The van der Waals surface area contributed by atoms with Crippen LogP contribution in [0.3, 0.4) is 0 Å². The topological polar surface area (TPSA) is 92.4 Å². The molecular formula is C26H41ClN2O3. The summed E-state index contributed by atoms with van der Waals surface area (Å²) in [6.45, 7) is 11.2. The lowest BCUT2D eigenvalue weighted by molar-refractivity contribution is -0.141. The van der Waals surface area contributed by atoms with Crippen molar-refractivity contribution < 1.29 is 14.7 Å². The fourth-order valence-electron chi connectivity index (χ4n) is 3.85. The molecular weight excluding hydrogens is 424 g/mol. The van der Waals surface area contributed by atoms with Crippen molar-refractivity contribution in [3.05, 3.63) is 58.7 Å². The Labute approximate surface area is 200 Å². The highest BCUT2D eigenvalue weighted by atomic mass is 35.5. The number of hydrogen-bond donors (Lipinski definition) is 3. The van der Waals surface area contributed by atoms with Crippen molar-refractivity contribution in [3.63, 3.8) is 0 Å². The van der Waals surface area contributed by atoms with Crippen LogP contribution in [0.4, 0.5) is 0 Å². The zero-order chi connectivity index (χ0) is 23.4. The van der Waals surface area contributed by atoms with Gasteiger partial charge in [0.15, 0.2) is 0 Å². The SMILES string of the molecule is CC1=C(/C=C/C(C)=C/C=C/C(C)=C/C(=O)N[C@@H](CCCCN)C(=O)O)C(C)(C)CCC1.Cl. The molecule has 0 aromatic rings. The van der Waals surface area contributed by atoms with E-state index in [9.17, 15) is 14.7 Å². The molecule has 0 aliphatic heterocycles. The highest BCUT2D eigenvalue weighted by molar-refractivity contribution is 5.91. The van der Waals surface area contributed by atoms with Gasteiger partial charge in [-0.2, -0.15) is 0 Å². The molecule has 0 unspecified atom stereocenters. The molecule has 0 saturated carbocycles. The summed E-state index contributed by atoms with van der Waals surface area (Å²) in [6, 6.07) is -0.888. The minimum atomic E-state index is -1.02. The summed E-state index contributed by atoms with van der Waals surface area (Å²) in [6.07, 6.45) is 17.0. The molecule has 0 fully saturated rings. The van der Waals surface area contributed by atoms with Crippen LogP contribution in [-0.2, 0) is 9.59 Å². The van der Waals surface area contributed by atoms with Crippen molar-refractivity contribution in [1.29, 1.82) is 0 Å². The number of rotatable bonds is 11. The minimum absolute atomic E-state index is 0. The number of carbonyl (C=O) groups excluding carboxylic acids is 1. The van der Waals surface area contributed by atoms with Crippen molar-refractivity contribution in [2.24, 2.45) is 11.1 Å². The summed E-state index contributed by atoms with van der Waals surface area (Å²) in [5.41, 5.74) is 10.4. The third kappa shape index (κ3) is 11.0. The van der Waals surface area contributed by atoms with Gasteiger partial charge < -0.3 is 16.2 Å². The largest absolute Gasteiger partial charge is 0.480 e. The molecule has 0 bridgehead atoms. The minimum Gasteiger partial charge on any atom is -0.480 e. The number of nitrogens with one attached hydrogen (secondary N) is 1. The van der Waals surface area contributed by atoms with Gasteiger partial charge in [-0.1, -0.05) is 55.4 Å². The van der Waals surface area contributed by atoms with E-state index in [-0.39, 0.29) is 17.8 Å². The first-order valence-corrected chi connectivity index (χ1v) is 11.2. The number of carboxylic acids is 1. The zero-order valence-electron chi connectivity index (χ0n) is 20.2. The van der Waals surface area contributed by atoms with E-state index in [4.69, 9.17) is 5.73 Å². The molecule has 1 rings (SSSR count). The van der Waals surface area contributed by atoms with Crippen LogP contribution in [0.25, 0.3) is 0 Å². The maximum atomic E-state index is 12.1. The number of allylic oxidation sites excluding steroid dienone is 9. The number of carboxylic acid groups (broad SMARTS) is 1.